The van der Waals surface area contributed by atoms with Crippen LogP contribution in [0.4, 0.5) is 0 Å². The lowest BCUT2D eigenvalue weighted by Crippen LogP contribution is -2.35. The van der Waals surface area contributed by atoms with E-state index in [1.54, 1.807) is 0 Å². The third-order valence-corrected chi connectivity index (χ3v) is 1.19. The van der Waals surface area contributed by atoms with Crippen LogP contribution < -0.4 is 0 Å². The molecule has 0 heterocycles. The Morgan fingerprint density at radius 3 is 2.50 bits per heavy atom. The second kappa shape index (κ2) is 2.34. The van der Waals surface area contributed by atoms with E-state index >= 15 is 0 Å². The van der Waals surface area contributed by atoms with Crippen LogP contribution in [-0.4, -0.2) is 32.2 Å². The van der Waals surface area contributed by atoms with E-state index in [9.17, 15) is 0 Å². The fourth-order valence-electron chi connectivity index (χ4n) is 0.872. The molecule has 0 aliphatic heterocycles. The van der Waals surface area contributed by atoms with E-state index in [4.69, 9.17) is 0 Å². The van der Waals surface area contributed by atoms with E-state index in [0.29, 0.717) is 0 Å². The maximum Gasteiger partial charge on any atom is 0.112 e. The summed E-state index contributed by atoms with van der Waals surface area (Å²) in [6.45, 7) is 1.00. The van der Waals surface area contributed by atoms with Gasteiger partial charge in [0.25, 0.3) is 0 Å². The molecule has 0 unspecified atom stereocenters. The molecule has 52 valence electrons. The third kappa shape index (κ3) is 2.11. The standard InChI is InChI=1S/C9H12N/c1-10(2,3)8-9-6-4-5-7-9/h6H,8H2,1-3H3/q+1. The number of nitrogens with zero attached hydrogens (tertiary/aromatic N) is 1. The molecule has 0 amide bonds. The highest BCUT2D eigenvalue weighted by molar-refractivity contribution is 5.22. The van der Waals surface area contributed by atoms with Gasteiger partial charge in [-0.15, -0.1) is 0 Å². The Labute approximate surface area is 61.9 Å². The SMILES string of the molecule is C[N+](C)(C)CC1=C=C=C=C1. The largest absolute Gasteiger partial charge is 0.327 e. The lowest BCUT2D eigenvalue weighted by Gasteiger charge is -2.22. The van der Waals surface area contributed by atoms with Crippen molar-refractivity contribution in [2.45, 2.75) is 0 Å². The topological polar surface area (TPSA) is 0 Å². The molecule has 1 heteroatoms. The molecule has 0 aromatic carbocycles. The number of rotatable bonds is 2. The first-order valence-electron chi connectivity index (χ1n) is 3.34. The van der Waals surface area contributed by atoms with Crippen molar-refractivity contribution in [1.29, 1.82) is 0 Å². The highest BCUT2D eigenvalue weighted by Crippen LogP contribution is 2.02. The van der Waals surface area contributed by atoms with Gasteiger partial charge in [-0.25, -0.2) is 0 Å². The van der Waals surface area contributed by atoms with Gasteiger partial charge in [0.1, 0.15) is 6.54 Å². The average Bonchev–Trinajstić information content (AvgIpc) is 2.12. The van der Waals surface area contributed by atoms with Gasteiger partial charge in [0.2, 0.25) is 0 Å². The molecule has 0 N–H and O–H groups in total. The molecule has 0 spiro atoms. The molecule has 0 fully saturated rings. The van der Waals surface area contributed by atoms with E-state index in [1.165, 1.54) is 5.57 Å². The van der Waals surface area contributed by atoms with Crippen molar-refractivity contribution in [3.63, 3.8) is 0 Å². The Bertz CT molecular complexity index is 260. The van der Waals surface area contributed by atoms with Gasteiger partial charge >= 0.3 is 0 Å². The number of quaternary nitrogens is 1. The monoisotopic (exact) mass is 134 g/mol. The predicted molar refractivity (Wildman–Crippen MR) is 41.5 cm³/mol. The minimum Gasteiger partial charge on any atom is -0.327 e. The normalized spacial score (nSPS) is 14.5. The Hall–Kier alpha value is -0.960. The molecule has 1 aliphatic carbocycles. The van der Waals surface area contributed by atoms with Crippen LogP contribution in [0.25, 0.3) is 0 Å². The van der Waals surface area contributed by atoms with Crippen molar-refractivity contribution in [3.8, 4) is 0 Å². The van der Waals surface area contributed by atoms with Crippen LogP contribution in [0.3, 0.4) is 0 Å². The van der Waals surface area contributed by atoms with Crippen LogP contribution in [0.5, 0.6) is 0 Å². The molecule has 1 aliphatic rings. The molecule has 10 heavy (non-hydrogen) atoms. The van der Waals surface area contributed by atoms with Gasteiger partial charge in [0.05, 0.1) is 26.7 Å². The van der Waals surface area contributed by atoms with Gasteiger partial charge in [-0.3, -0.25) is 0 Å². The van der Waals surface area contributed by atoms with Gasteiger partial charge < -0.3 is 4.48 Å². The minimum absolute atomic E-state index is 0.933. The van der Waals surface area contributed by atoms with Crippen molar-refractivity contribution in [1.82, 2.24) is 0 Å². The van der Waals surface area contributed by atoms with Crippen molar-refractivity contribution in [3.05, 3.63) is 28.8 Å². The van der Waals surface area contributed by atoms with Crippen molar-refractivity contribution in [2.24, 2.45) is 0 Å². The van der Waals surface area contributed by atoms with Crippen LogP contribution >= 0.6 is 0 Å². The van der Waals surface area contributed by atoms with Crippen LogP contribution in [0.2, 0.25) is 0 Å². The Kier molecular flexibility index (Phi) is 1.68. The Balaban J connectivity index is 2.59. The molecule has 0 saturated carbocycles. The summed E-state index contributed by atoms with van der Waals surface area (Å²) in [6, 6.07) is 0. The fraction of sp³-hybridized carbons (Fsp3) is 0.444. The lowest BCUT2D eigenvalue weighted by atomic mass is 10.3. The predicted octanol–water partition coefficient (Wildman–Crippen LogP) is 1.10. The summed E-state index contributed by atoms with van der Waals surface area (Å²) in [5, 5.41) is 0. The minimum atomic E-state index is 0.933. The second-order valence-electron chi connectivity index (χ2n) is 3.51. The summed E-state index contributed by atoms with van der Waals surface area (Å²) in [4.78, 5) is 0. The summed E-state index contributed by atoms with van der Waals surface area (Å²) in [5.41, 5.74) is 9.84. The van der Waals surface area contributed by atoms with Crippen LogP contribution in [0.15, 0.2) is 28.8 Å². The zero-order valence-electron chi connectivity index (χ0n) is 6.73. The van der Waals surface area contributed by atoms with E-state index < -0.39 is 0 Å². The third-order valence-electron chi connectivity index (χ3n) is 1.19. The Morgan fingerprint density at radius 1 is 1.40 bits per heavy atom. The quantitative estimate of drug-likeness (QED) is 0.392. The van der Waals surface area contributed by atoms with Crippen LogP contribution in [0.1, 0.15) is 0 Å². The molecule has 0 aromatic rings. The van der Waals surface area contributed by atoms with Crippen LogP contribution in [-0.2, 0) is 0 Å². The molecular weight excluding hydrogens is 122 g/mol. The summed E-state index contributed by atoms with van der Waals surface area (Å²) in [7, 11) is 6.46. The maximum atomic E-state index is 3.00. The van der Waals surface area contributed by atoms with Gasteiger partial charge in [0, 0.05) is 6.08 Å². The van der Waals surface area contributed by atoms with E-state index in [0.717, 1.165) is 11.0 Å². The summed E-state index contributed by atoms with van der Waals surface area (Å²) < 4.78 is 0.933. The first-order valence-corrected chi connectivity index (χ1v) is 3.34. The van der Waals surface area contributed by atoms with Gasteiger partial charge in [0.15, 0.2) is 0 Å². The highest BCUT2D eigenvalue weighted by Gasteiger charge is 2.08. The number of hydrogen-bond donors (Lipinski definition) is 0. The Morgan fingerprint density at radius 2 is 2.10 bits per heavy atom. The second-order valence-corrected chi connectivity index (χ2v) is 3.51. The molecule has 0 atom stereocenters. The average molecular weight is 134 g/mol. The molecule has 0 aromatic heterocycles. The smallest absolute Gasteiger partial charge is 0.112 e. The number of likely N-dealkylation sites (N-methyl/N-ethyl adjacent to an activating group) is 1. The molecule has 0 radical (unpaired) electrons. The number of hydrogen-bond acceptors (Lipinski definition) is 0. The zero-order chi connectivity index (χ0) is 7.61. The van der Waals surface area contributed by atoms with Gasteiger partial charge in [-0.2, -0.15) is 0 Å². The first kappa shape index (κ1) is 7.15. The van der Waals surface area contributed by atoms with Gasteiger partial charge in [-0.1, -0.05) is 11.5 Å². The molecule has 0 bridgehead atoms. The maximum absolute atomic E-state index is 3.00. The van der Waals surface area contributed by atoms with Crippen LogP contribution in [0, 0.1) is 0 Å². The highest BCUT2D eigenvalue weighted by atomic mass is 15.3. The molecule has 0 saturated heterocycles. The van der Waals surface area contributed by atoms with Crippen molar-refractivity contribution < 1.29 is 4.48 Å². The zero-order valence-corrected chi connectivity index (χ0v) is 6.73. The summed E-state index contributed by atoms with van der Waals surface area (Å²) in [6.07, 6.45) is 1.93. The van der Waals surface area contributed by atoms with E-state index in [2.05, 4.69) is 38.3 Å². The summed E-state index contributed by atoms with van der Waals surface area (Å²) >= 11 is 0. The van der Waals surface area contributed by atoms with E-state index in [-0.39, 0.29) is 0 Å². The molecule has 1 nitrogen and oxygen atoms in total. The van der Waals surface area contributed by atoms with E-state index in [1.807, 2.05) is 6.08 Å². The molecule has 1 rings (SSSR count). The first-order chi connectivity index (χ1) is 4.58. The fourth-order valence-corrected chi connectivity index (χ4v) is 0.872. The summed E-state index contributed by atoms with van der Waals surface area (Å²) in [5.74, 6) is 0. The van der Waals surface area contributed by atoms with Gasteiger partial charge in [-0.05, 0) is 5.73 Å². The van der Waals surface area contributed by atoms with Crippen molar-refractivity contribution >= 4 is 0 Å². The van der Waals surface area contributed by atoms with Crippen molar-refractivity contribution in [2.75, 3.05) is 27.7 Å². The molecular formula is C9H12N+. The lowest BCUT2D eigenvalue weighted by molar-refractivity contribution is -0.865.